The van der Waals surface area contributed by atoms with E-state index in [4.69, 9.17) is 4.99 Å². The maximum absolute atomic E-state index is 4.82. The van der Waals surface area contributed by atoms with Crippen LogP contribution in [-0.2, 0) is 0 Å². The number of aliphatic imine (C=N–C) groups is 3. The van der Waals surface area contributed by atoms with Crippen molar-refractivity contribution in [1.82, 2.24) is 4.57 Å². The molecular weight excluding hydrogens is 609 g/mol. The maximum atomic E-state index is 4.82. The van der Waals surface area contributed by atoms with E-state index in [2.05, 4.69) is 126 Å². The zero-order valence-corrected chi connectivity index (χ0v) is 28.2. The van der Waals surface area contributed by atoms with E-state index in [0.29, 0.717) is 11.4 Å². The Morgan fingerprint density at radius 3 is 1.90 bits per heavy atom. The summed E-state index contributed by atoms with van der Waals surface area (Å²) in [4.78, 5) is 13.7. The molecular formula is C46H38N4. The lowest BCUT2D eigenvalue weighted by molar-refractivity contribution is 1.18. The minimum Gasteiger partial charge on any atom is -0.309 e. The van der Waals surface area contributed by atoms with Crippen LogP contribution in [0.25, 0.3) is 50.0 Å². The molecule has 50 heavy (non-hydrogen) atoms. The number of fused-ring (bicyclic) bond motifs is 3. The molecule has 0 aliphatic carbocycles. The van der Waals surface area contributed by atoms with E-state index in [1.165, 1.54) is 10.8 Å². The molecule has 0 N–H and O–H groups in total. The van der Waals surface area contributed by atoms with Crippen LogP contribution in [0.2, 0.25) is 0 Å². The van der Waals surface area contributed by atoms with Gasteiger partial charge in [0.2, 0.25) is 0 Å². The fourth-order valence-corrected chi connectivity index (χ4v) is 6.03. The van der Waals surface area contributed by atoms with Gasteiger partial charge in [0.25, 0.3) is 0 Å². The smallest absolute Gasteiger partial charge is 0.0723 e. The van der Waals surface area contributed by atoms with Crippen molar-refractivity contribution < 1.29 is 0 Å². The molecule has 6 rings (SSSR count). The molecule has 0 bridgehead atoms. The van der Waals surface area contributed by atoms with Gasteiger partial charge in [0, 0.05) is 39.4 Å². The van der Waals surface area contributed by atoms with Gasteiger partial charge in [-0.25, -0.2) is 0 Å². The van der Waals surface area contributed by atoms with E-state index >= 15 is 0 Å². The Morgan fingerprint density at radius 2 is 1.24 bits per heavy atom. The SMILES string of the molecule is C=C/C=C(\N=C)c1cc(/C(=C/C(=N/C=C\C=C/C=C/C)c2ccccc2)N=C)cc(-c2cccc(-n3c4ccccc4c4ccccc43)c2)c1. The van der Waals surface area contributed by atoms with Crippen molar-refractivity contribution in [3.05, 3.63) is 199 Å². The summed E-state index contributed by atoms with van der Waals surface area (Å²) >= 11 is 0. The van der Waals surface area contributed by atoms with E-state index in [0.717, 1.165) is 50.2 Å². The molecule has 242 valence electrons. The number of allylic oxidation sites excluding steroid dienone is 8. The second kappa shape index (κ2) is 16.0. The minimum absolute atomic E-state index is 0.675. The first-order chi connectivity index (χ1) is 24.6. The van der Waals surface area contributed by atoms with Crippen molar-refractivity contribution >= 4 is 52.3 Å². The van der Waals surface area contributed by atoms with Crippen molar-refractivity contribution in [3.8, 4) is 16.8 Å². The third-order valence-corrected chi connectivity index (χ3v) is 8.33. The number of rotatable bonds is 12. The Balaban J connectivity index is 1.51. The van der Waals surface area contributed by atoms with Crippen LogP contribution in [0.3, 0.4) is 0 Å². The van der Waals surface area contributed by atoms with E-state index < -0.39 is 0 Å². The van der Waals surface area contributed by atoms with Crippen molar-refractivity contribution in [1.29, 1.82) is 0 Å². The molecule has 4 nitrogen and oxygen atoms in total. The summed E-state index contributed by atoms with van der Waals surface area (Å²) in [7, 11) is 0. The Kier molecular flexibility index (Phi) is 10.6. The molecule has 0 unspecified atom stereocenters. The summed E-state index contributed by atoms with van der Waals surface area (Å²) in [5.74, 6) is 0. The van der Waals surface area contributed by atoms with Crippen LogP contribution in [0.4, 0.5) is 0 Å². The van der Waals surface area contributed by atoms with Gasteiger partial charge in [-0.05, 0) is 92.2 Å². The average Bonchev–Trinajstić information content (AvgIpc) is 3.51. The van der Waals surface area contributed by atoms with Gasteiger partial charge in [-0.3, -0.25) is 15.0 Å². The van der Waals surface area contributed by atoms with Crippen molar-refractivity contribution in [2.75, 3.05) is 0 Å². The van der Waals surface area contributed by atoms with Crippen LogP contribution < -0.4 is 0 Å². The number of hydrogen-bond donors (Lipinski definition) is 0. The highest BCUT2D eigenvalue weighted by Crippen LogP contribution is 2.35. The highest BCUT2D eigenvalue weighted by atomic mass is 15.0. The molecule has 0 radical (unpaired) electrons. The Labute approximate surface area is 294 Å². The van der Waals surface area contributed by atoms with Crippen LogP contribution in [0, 0.1) is 0 Å². The molecule has 0 atom stereocenters. The average molecular weight is 647 g/mol. The fourth-order valence-electron chi connectivity index (χ4n) is 6.03. The van der Waals surface area contributed by atoms with Gasteiger partial charge in [0.05, 0.1) is 28.1 Å². The van der Waals surface area contributed by atoms with Crippen LogP contribution in [0.5, 0.6) is 0 Å². The normalized spacial score (nSPS) is 12.9. The van der Waals surface area contributed by atoms with Gasteiger partial charge < -0.3 is 4.57 Å². The second-order valence-electron chi connectivity index (χ2n) is 11.5. The molecule has 1 heterocycles. The van der Waals surface area contributed by atoms with Crippen molar-refractivity contribution in [2.45, 2.75) is 6.92 Å². The standard InChI is InChI=1S/C46H38N4/c1-5-7-8-9-17-28-49-44(34-20-11-10-12-21-34)33-43(48-4)38-30-36(29-37(31-38)42(47-3)19-6-2)35-22-18-23-39(32-35)50-45-26-15-13-24-40(45)41-25-14-16-27-46(41)50/h5-33H,2-4H2,1H3/b7-5+,9-8-,28-17-,42-19-,43-33-,49-44-. The molecule has 5 aromatic carbocycles. The lowest BCUT2D eigenvalue weighted by Gasteiger charge is -2.14. The number of nitrogens with zero attached hydrogens (tertiary/aromatic N) is 4. The quantitative estimate of drug-likeness (QED) is 0.0938. The molecule has 0 fully saturated rings. The second-order valence-corrected chi connectivity index (χ2v) is 11.5. The van der Waals surface area contributed by atoms with Crippen LogP contribution in [0.15, 0.2) is 198 Å². The third kappa shape index (κ3) is 7.25. The Morgan fingerprint density at radius 1 is 0.600 bits per heavy atom. The van der Waals surface area contributed by atoms with Crippen LogP contribution in [0.1, 0.15) is 23.6 Å². The molecule has 0 saturated carbocycles. The summed E-state index contributed by atoms with van der Waals surface area (Å²) in [5, 5.41) is 2.45. The van der Waals surface area contributed by atoms with Gasteiger partial charge in [-0.1, -0.05) is 116 Å². The number of para-hydroxylation sites is 2. The third-order valence-electron chi connectivity index (χ3n) is 8.33. The fraction of sp³-hybridized carbons (Fsp3) is 0.0217. The first-order valence-corrected chi connectivity index (χ1v) is 16.5. The molecule has 0 amide bonds. The van der Waals surface area contributed by atoms with Gasteiger partial charge >= 0.3 is 0 Å². The highest BCUT2D eigenvalue weighted by Gasteiger charge is 2.14. The zero-order valence-electron chi connectivity index (χ0n) is 28.2. The molecule has 6 aromatic rings. The van der Waals surface area contributed by atoms with Crippen molar-refractivity contribution in [3.63, 3.8) is 0 Å². The molecule has 1 aromatic heterocycles. The number of aromatic nitrogens is 1. The van der Waals surface area contributed by atoms with E-state index in [-0.39, 0.29) is 0 Å². The van der Waals surface area contributed by atoms with Crippen molar-refractivity contribution in [2.24, 2.45) is 15.0 Å². The molecule has 0 aliphatic heterocycles. The number of benzene rings is 5. The van der Waals surface area contributed by atoms with Gasteiger partial charge in [-0.15, -0.1) is 0 Å². The molecule has 0 saturated heterocycles. The van der Waals surface area contributed by atoms with E-state index in [1.54, 1.807) is 12.3 Å². The zero-order chi connectivity index (χ0) is 34.7. The Hall–Kier alpha value is -6.65. The first kappa shape index (κ1) is 33.3. The molecule has 4 heteroatoms. The van der Waals surface area contributed by atoms with Gasteiger partial charge in [0.15, 0.2) is 0 Å². The van der Waals surface area contributed by atoms with Crippen LogP contribution >= 0.6 is 0 Å². The lowest BCUT2D eigenvalue weighted by atomic mass is 9.95. The van der Waals surface area contributed by atoms with Gasteiger partial charge in [0.1, 0.15) is 0 Å². The topological polar surface area (TPSA) is 42.0 Å². The summed E-state index contributed by atoms with van der Waals surface area (Å²) < 4.78 is 2.33. The monoisotopic (exact) mass is 646 g/mol. The largest absolute Gasteiger partial charge is 0.309 e. The highest BCUT2D eigenvalue weighted by molar-refractivity contribution is 6.13. The number of hydrogen-bond acceptors (Lipinski definition) is 3. The maximum Gasteiger partial charge on any atom is 0.0723 e. The lowest BCUT2D eigenvalue weighted by Crippen LogP contribution is -1.99. The summed E-state index contributed by atoms with van der Waals surface area (Å²) in [6.07, 6.45) is 17.1. The summed E-state index contributed by atoms with van der Waals surface area (Å²) in [6.45, 7) is 13.7. The first-order valence-electron chi connectivity index (χ1n) is 16.5. The predicted octanol–water partition coefficient (Wildman–Crippen LogP) is 11.9. The molecule has 0 aliphatic rings. The van der Waals surface area contributed by atoms with E-state index in [1.807, 2.05) is 79.8 Å². The Bertz CT molecular complexity index is 2320. The summed E-state index contributed by atoms with van der Waals surface area (Å²) in [6, 6.07) is 42.1. The van der Waals surface area contributed by atoms with Gasteiger partial charge in [-0.2, -0.15) is 0 Å². The minimum atomic E-state index is 0.675. The van der Waals surface area contributed by atoms with E-state index in [9.17, 15) is 0 Å². The van der Waals surface area contributed by atoms with Crippen LogP contribution in [-0.4, -0.2) is 23.7 Å². The summed E-state index contributed by atoms with van der Waals surface area (Å²) in [5.41, 5.74) is 10.3. The molecule has 0 spiro atoms. The predicted molar refractivity (Wildman–Crippen MR) is 218 cm³/mol.